The lowest BCUT2D eigenvalue weighted by Gasteiger charge is -2.14. The molecular weight excluding hydrogens is 303 g/mol. The van der Waals surface area contributed by atoms with Crippen LogP contribution in [-0.2, 0) is 24.3 Å². The molecule has 1 aliphatic carbocycles. The van der Waals surface area contributed by atoms with Crippen LogP contribution in [0.2, 0.25) is 0 Å². The fourth-order valence-electron chi connectivity index (χ4n) is 2.28. The molecule has 0 spiro atoms. The van der Waals surface area contributed by atoms with Crippen molar-refractivity contribution in [1.82, 2.24) is 15.1 Å². The average Bonchev–Trinajstić information content (AvgIpc) is 3.11. The molecule has 1 amide bonds. The maximum atomic E-state index is 12.1. The highest BCUT2D eigenvalue weighted by Crippen LogP contribution is 2.23. The van der Waals surface area contributed by atoms with Gasteiger partial charge in [-0.2, -0.15) is 5.10 Å². The third-order valence-electron chi connectivity index (χ3n) is 3.36. The summed E-state index contributed by atoms with van der Waals surface area (Å²) in [6.07, 6.45) is 2.96. The molecule has 1 saturated carbocycles. The number of aromatic nitrogens is 2. The summed E-state index contributed by atoms with van der Waals surface area (Å²) in [6, 6.07) is 0.345. The molecule has 1 fully saturated rings. The Hall–Kier alpha value is -0.820. The molecule has 0 atom stereocenters. The first-order valence-electron chi connectivity index (χ1n) is 6.47. The van der Waals surface area contributed by atoms with Crippen molar-refractivity contribution in [3.63, 3.8) is 0 Å². The van der Waals surface area contributed by atoms with Crippen molar-refractivity contribution < 1.29 is 9.53 Å². The number of carbonyl (C=O) groups excluding carboxylic acids is 1. The van der Waals surface area contributed by atoms with E-state index in [4.69, 9.17) is 10.5 Å². The second kappa shape index (κ2) is 7.26. The van der Waals surface area contributed by atoms with Crippen LogP contribution in [0.15, 0.2) is 0 Å². The maximum absolute atomic E-state index is 12.1. The van der Waals surface area contributed by atoms with Gasteiger partial charge < -0.3 is 15.8 Å². The van der Waals surface area contributed by atoms with E-state index in [0.29, 0.717) is 38.0 Å². The van der Waals surface area contributed by atoms with E-state index in [2.05, 4.69) is 10.4 Å². The summed E-state index contributed by atoms with van der Waals surface area (Å²) in [5, 5.41) is 7.38. The summed E-state index contributed by atoms with van der Waals surface area (Å²) in [5.74, 6) is -0.0741. The second-order valence-electron chi connectivity index (χ2n) is 4.84. The molecule has 8 heteroatoms. The molecule has 114 valence electrons. The van der Waals surface area contributed by atoms with Gasteiger partial charge in [-0.3, -0.25) is 9.48 Å². The van der Waals surface area contributed by atoms with Crippen LogP contribution >= 0.6 is 24.8 Å². The molecule has 0 unspecified atom stereocenters. The summed E-state index contributed by atoms with van der Waals surface area (Å²) < 4.78 is 7.30. The molecule has 0 saturated heterocycles. The fourth-order valence-corrected chi connectivity index (χ4v) is 2.28. The van der Waals surface area contributed by atoms with Gasteiger partial charge in [0.2, 0.25) is 0 Å². The zero-order valence-corrected chi connectivity index (χ0v) is 12.8. The van der Waals surface area contributed by atoms with Crippen LogP contribution in [0.5, 0.6) is 0 Å². The molecule has 0 bridgehead atoms. The Balaban J connectivity index is 0.000001000. The SMILES string of the molecule is Cl.Cl.NCCn1nc(C(=O)NC2CC2)c2c1CCOC2. The van der Waals surface area contributed by atoms with Crippen LogP contribution in [0.25, 0.3) is 0 Å². The Morgan fingerprint density at radius 1 is 1.45 bits per heavy atom. The molecule has 1 aromatic heterocycles. The van der Waals surface area contributed by atoms with Crippen molar-refractivity contribution >= 4 is 30.7 Å². The standard InChI is InChI=1S/C12H18N4O2.2ClH/c13-4-5-16-10-3-6-18-7-9(10)11(15-16)12(17)14-8-1-2-8;;/h8H,1-7,13H2,(H,14,17);2*1H. The van der Waals surface area contributed by atoms with Gasteiger partial charge in [-0.1, -0.05) is 0 Å². The van der Waals surface area contributed by atoms with E-state index in [1.165, 1.54) is 0 Å². The largest absolute Gasteiger partial charge is 0.376 e. The van der Waals surface area contributed by atoms with Gasteiger partial charge in [-0.05, 0) is 12.8 Å². The van der Waals surface area contributed by atoms with E-state index in [9.17, 15) is 4.79 Å². The number of nitrogens with zero attached hydrogens (tertiary/aromatic N) is 2. The summed E-state index contributed by atoms with van der Waals surface area (Å²) in [6.45, 7) is 2.35. The summed E-state index contributed by atoms with van der Waals surface area (Å²) in [5.41, 5.74) is 8.14. The fraction of sp³-hybridized carbons (Fsp3) is 0.667. The van der Waals surface area contributed by atoms with Crippen LogP contribution in [0.1, 0.15) is 34.6 Å². The maximum Gasteiger partial charge on any atom is 0.272 e. The number of nitrogens with two attached hydrogens (primary N) is 1. The first-order chi connectivity index (χ1) is 8.79. The quantitative estimate of drug-likeness (QED) is 0.852. The smallest absolute Gasteiger partial charge is 0.272 e. The van der Waals surface area contributed by atoms with E-state index in [1.807, 2.05) is 4.68 Å². The van der Waals surface area contributed by atoms with Crippen LogP contribution in [-0.4, -0.2) is 34.9 Å². The van der Waals surface area contributed by atoms with Crippen LogP contribution in [0.4, 0.5) is 0 Å². The minimum absolute atomic E-state index is 0. The minimum Gasteiger partial charge on any atom is -0.376 e. The van der Waals surface area contributed by atoms with Crippen LogP contribution in [0.3, 0.4) is 0 Å². The molecule has 2 aliphatic rings. The van der Waals surface area contributed by atoms with Gasteiger partial charge in [0.1, 0.15) is 0 Å². The third kappa shape index (κ3) is 3.44. The van der Waals surface area contributed by atoms with Gasteiger partial charge in [0.15, 0.2) is 5.69 Å². The zero-order chi connectivity index (χ0) is 12.5. The van der Waals surface area contributed by atoms with Crippen LogP contribution in [0, 0.1) is 0 Å². The predicted molar refractivity (Wildman–Crippen MR) is 79.6 cm³/mol. The number of fused-ring (bicyclic) bond motifs is 1. The molecule has 2 heterocycles. The molecule has 0 aromatic carbocycles. The highest BCUT2D eigenvalue weighted by Gasteiger charge is 2.29. The van der Waals surface area contributed by atoms with E-state index >= 15 is 0 Å². The Labute approximate surface area is 130 Å². The zero-order valence-electron chi connectivity index (χ0n) is 11.1. The number of hydrogen-bond donors (Lipinski definition) is 2. The molecule has 3 N–H and O–H groups in total. The van der Waals surface area contributed by atoms with E-state index in [-0.39, 0.29) is 30.7 Å². The second-order valence-corrected chi connectivity index (χ2v) is 4.84. The number of amides is 1. The van der Waals surface area contributed by atoms with E-state index in [1.54, 1.807) is 0 Å². The van der Waals surface area contributed by atoms with Crippen molar-refractivity contribution in [2.24, 2.45) is 5.73 Å². The lowest BCUT2D eigenvalue weighted by Crippen LogP contribution is -2.27. The Kier molecular flexibility index (Phi) is 6.26. The van der Waals surface area contributed by atoms with Crippen molar-refractivity contribution in [3.8, 4) is 0 Å². The number of carbonyl (C=O) groups is 1. The highest BCUT2D eigenvalue weighted by molar-refractivity contribution is 5.94. The Morgan fingerprint density at radius 3 is 2.85 bits per heavy atom. The third-order valence-corrected chi connectivity index (χ3v) is 3.36. The van der Waals surface area contributed by atoms with Crippen molar-refractivity contribution in [1.29, 1.82) is 0 Å². The van der Waals surface area contributed by atoms with Gasteiger partial charge >= 0.3 is 0 Å². The Morgan fingerprint density at radius 2 is 2.20 bits per heavy atom. The van der Waals surface area contributed by atoms with Crippen molar-refractivity contribution in [3.05, 3.63) is 17.0 Å². The molecular formula is C12H20Cl2N4O2. The number of rotatable bonds is 4. The van der Waals surface area contributed by atoms with Gasteiger partial charge in [-0.15, -0.1) is 24.8 Å². The van der Waals surface area contributed by atoms with Gasteiger partial charge in [0.05, 0.1) is 19.8 Å². The average molecular weight is 323 g/mol. The van der Waals surface area contributed by atoms with Gasteiger partial charge in [0.25, 0.3) is 5.91 Å². The van der Waals surface area contributed by atoms with Gasteiger partial charge in [-0.25, -0.2) is 0 Å². The van der Waals surface area contributed by atoms with Crippen molar-refractivity contribution in [2.45, 2.75) is 38.5 Å². The molecule has 3 rings (SSSR count). The number of hydrogen-bond acceptors (Lipinski definition) is 4. The first kappa shape index (κ1) is 17.2. The highest BCUT2D eigenvalue weighted by atomic mass is 35.5. The number of halogens is 2. The van der Waals surface area contributed by atoms with Gasteiger partial charge in [0, 0.05) is 30.3 Å². The summed E-state index contributed by atoms with van der Waals surface area (Å²) >= 11 is 0. The monoisotopic (exact) mass is 322 g/mol. The first-order valence-corrected chi connectivity index (χ1v) is 6.47. The molecule has 1 aliphatic heterocycles. The summed E-state index contributed by atoms with van der Waals surface area (Å²) in [7, 11) is 0. The Bertz CT molecular complexity index is 474. The molecule has 0 radical (unpaired) electrons. The van der Waals surface area contributed by atoms with Crippen molar-refractivity contribution in [2.75, 3.05) is 13.2 Å². The predicted octanol–water partition coefficient (Wildman–Crippen LogP) is 0.650. The topological polar surface area (TPSA) is 82.2 Å². The minimum atomic E-state index is -0.0741. The summed E-state index contributed by atoms with van der Waals surface area (Å²) in [4.78, 5) is 12.1. The van der Waals surface area contributed by atoms with E-state index < -0.39 is 0 Å². The molecule has 1 aromatic rings. The molecule has 6 nitrogen and oxygen atoms in total. The van der Waals surface area contributed by atoms with Crippen LogP contribution < -0.4 is 11.1 Å². The lowest BCUT2D eigenvalue weighted by molar-refractivity contribution is 0.0922. The normalized spacial score (nSPS) is 16.6. The van der Waals surface area contributed by atoms with E-state index in [0.717, 1.165) is 30.5 Å². The molecule has 20 heavy (non-hydrogen) atoms. The number of ether oxygens (including phenoxy) is 1. The lowest BCUT2D eigenvalue weighted by atomic mass is 10.1. The number of nitrogens with one attached hydrogen (secondary N) is 1.